The van der Waals surface area contributed by atoms with Crippen LogP contribution in [0.3, 0.4) is 0 Å². The second-order valence-electron chi connectivity index (χ2n) is 12.4. The molecule has 4 heterocycles. The Morgan fingerprint density at radius 3 is 2.60 bits per heavy atom. The van der Waals surface area contributed by atoms with E-state index >= 15 is 4.39 Å². The third kappa shape index (κ3) is 6.72. The van der Waals surface area contributed by atoms with Crippen molar-refractivity contribution in [3.8, 4) is 22.7 Å². The molecule has 0 aliphatic carbocycles. The van der Waals surface area contributed by atoms with Crippen molar-refractivity contribution in [3.05, 3.63) is 83.9 Å². The number of carbonyl (C=O) groups excluding carboxylic acids is 2. The van der Waals surface area contributed by atoms with Gasteiger partial charge in [-0.15, -0.1) is 16.9 Å². The number of thioether (sulfide) groups is 1. The Labute approximate surface area is 291 Å². The summed E-state index contributed by atoms with van der Waals surface area (Å²) >= 11 is 1.49. The molecule has 2 amide bonds. The molecule has 2 aromatic heterocycles. The predicted octanol–water partition coefficient (Wildman–Crippen LogP) is 6.05. The molecule has 11 nitrogen and oxygen atoms in total. The van der Waals surface area contributed by atoms with Crippen LogP contribution in [0.4, 0.5) is 20.5 Å². The number of hydrogen-bond donors (Lipinski definition) is 3. The first-order chi connectivity index (χ1) is 24.2. The van der Waals surface area contributed by atoms with Crippen LogP contribution in [0.2, 0.25) is 0 Å². The summed E-state index contributed by atoms with van der Waals surface area (Å²) < 4.78 is 33.5. The molecule has 5 aromatic rings. The quantitative estimate of drug-likeness (QED) is 0.160. The Morgan fingerprint density at radius 2 is 1.86 bits per heavy atom. The van der Waals surface area contributed by atoms with Crippen molar-refractivity contribution in [2.45, 2.75) is 24.5 Å². The van der Waals surface area contributed by atoms with Crippen LogP contribution in [0.5, 0.6) is 0 Å². The van der Waals surface area contributed by atoms with Crippen molar-refractivity contribution < 1.29 is 22.8 Å². The van der Waals surface area contributed by atoms with Crippen LogP contribution >= 0.6 is 11.8 Å². The van der Waals surface area contributed by atoms with Crippen LogP contribution in [-0.2, 0) is 9.59 Å². The van der Waals surface area contributed by atoms with Crippen molar-refractivity contribution in [2.75, 3.05) is 56.2 Å². The van der Waals surface area contributed by atoms with E-state index in [1.54, 1.807) is 29.2 Å². The lowest BCUT2D eigenvalue weighted by molar-refractivity contribution is -0.132. The maximum Gasteiger partial charge on any atom is 0.315 e. The highest BCUT2D eigenvalue weighted by Gasteiger charge is 2.44. The zero-order valence-corrected chi connectivity index (χ0v) is 28.4. The van der Waals surface area contributed by atoms with Gasteiger partial charge >= 0.3 is 6.01 Å². The van der Waals surface area contributed by atoms with Gasteiger partial charge in [0, 0.05) is 60.5 Å². The fourth-order valence-corrected chi connectivity index (χ4v) is 7.35. The van der Waals surface area contributed by atoms with E-state index in [1.165, 1.54) is 30.0 Å². The molecule has 258 valence electrons. The minimum absolute atomic E-state index is 0.0277. The van der Waals surface area contributed by atoms with Gasteiger partial charge in [0.15, 0.2) is 0 Å². The number of amides is 2. The molecular weight excluding hydrogens is 663 g/mol. The molecule has 50 heavy (non-hydrogen) atoms. The Morgan fingerprint density at radius 1 is 1.04 bits per heavy atom. The van der Waals surface area contributed by atoms with Crippen molar-refractivity contribution in [3.63, 3.8) is 0 Å². The summed E-state index contributed by atoms with van der Waals surface area (Å²) in [6.07, 6.45) is 4.94. The van der Waals surface area contributed by atoms with E-state index in [1.807, 2.05) is 42.4 Å². The molecule has 3 aromatic carbocycles. The number of nitrogens with one attached hydrogen (secondary N) is 3. The minimum atomic E-state index is -0.723. The number of fused-ring (bicyclic) bond motifs is 1. The highest BCUT2D eigenvalue weighted by atomic mass is 32.2. The summed E-state index contributed by atoms with van der Waals surface area (Å²) in [4.78, 5) is 30.9. The monoisotopic (exact) mass is 698 g/mol. The van der Waals surface area contributed by atoms with E-state index in [4.69, 9.17) is 4.42 Å². The number of carbonyl (C=O) groups is 2. The Hall–Kier alpha value is -5.08. The lowest BCUT2D eigenvalue weighted by Crippen LogP contribution is -2.45. The molecule has 1 atom stereocenters. The first-order valence-electron chi connectivity index (χ1n) is 16.4. The van der Waals surface area contributed by atoms with Crippen LogP contribution in [0.15, 0.2) is 71.2 Å². The molecule has 0 radical (unpaired) electrons. The first-order valence-corrected chi connectivity index (χ1v) is 17.6. The second-order valence-corrected chi connectivity index (χ2v) is 13.6. The second kappa shape index (κ2) is 14.0. The number of anilines is 2. The first kappa shape index (κ1) is 33.4. The topological polar surface area (TPSA) is 132 Å². The van der Waals surface area contributed by atoms with Gasteiger partial charge in [-0.1, -0.05) is 17.2 Å². The van der Waals surface area contributed by atoms with E-state index in [0.29, 0.717) is 68.1 Å². The Bertz CT molecular complexity index is 2080. The summed E-state index contributed by atoms with van der Waals surface area (Å²) in [6, 6.07) is 16.8. The van der Waals surface area contributed by atoms with E-state index in [9.17, 15) is 14.0 Å². The SMILES string of the molecule is CCNc1nnc(-c2ccc(C3=CCN(C(=O)CN4CC[C@@](SC)(C(=O)Nc5ccc6[nH]nc(-c7ccc(F)cc7)c6c5)C4)CC3)c(F)c2)o1. The van der Waals surface area contributed by atoms with Gasteiger partial charge in [-0.05, 0) is 86.2 Å². The highest BCUT2D eigenvalue weighted by molar-refractivity contribution is 8.00. The molecule has 0 unspecified atom stereocenters. The van der Waals surface area contributed by atoms with Gasteiger partial charge in [-0.3, -0.25) is 19.6 Å². The molecule has 14 heteroatoms. The van der Waals surface area contributed by atoms with Gasteiger partial charge in [0.1, 0.15) is 16.4 Å². The number of H-pyrrole nitrogens is 1. The van der Waals surface area contributed by atoms with Gasteiger partial charge in [0.05, 0.1) is 17.8 Å². The summed E-state index contributed by atoms with van der Waals surface area (Å²) in [6.45, 7) is 4.63. The Kier molecular flexibility index (Phi) is 9.38. The fraction of sp³-hybridized carbons (Fsp3) is 0.306. The third-order valence-corrected chi connectivity index (χ3v) is 10.6. The molecule has 1 fully saturated rings. The average Bonchev–Trinajstić information content (AvgIpc) is 3.88. The number of aromatic amines is 1. The molecule has 2 aliphatic rings. The summed E-state index contributed by atoms with van der Waals surface area (Å²) in [5.41, 5.74) is 4.69. The predicted molar refractivity (Wildman–Crippen MR) is 190 cm³/mol. The maximum absolute atomic E-state index is 15.2. The summed E-state index contributed by atoms with van der Waals surface area (Å²) in [5, 5.41) is 22.1. The van der Waals surface area contributed by atoms with Crippen molar-refractivity contribution in [1.82, 2.24) is 30.2 Å². The highest BCUT2D eigenvalue weighted by Crippen LogP contribution is 2.36. The van der Waals surface area contributed by atoms with Crippen LogP contribution in [0, 0.1) is 11.6 Å². The maximum atomic E-state index is 15.2. The molecule has 7 rings (SSSR count). The van der Waals surface area contributed by atoms with Crippen molar-refractivity contribution >= 4 is 51.8 Å². The molecule has 2 aliphatic heterocycles. The van der Waals surface area contributed by atoms with Crippen LogP contribution < -0.4 is 10.6 Å². The molecule has 3 N–H and O–H groups in total. The van der Waals surface area contributed by atoms with Gasteiger partial charge in [0.2, 0.25) is 17.7 Å². The zero-order chi connectivity index (χ0) is 34.8. The smallest absolute Gasteiger partial charge is 0.315 e. The van der Waals surface area contributed by atoms with Gasteiger partial charge < -0.3 is 20.0 Å². The fourth-order valence-electron chi connectivity index (χ4n) is 6.50. The molecule has 0 saturated carbocycles. The van der Waals surface area contributed by atoms with Crippen LogP contribution in [0.25, 0.3) is 39.2 Å². The largest absolute Gasteiger partial charge is 0.403 e. The number of benzene rings is 3. The number of nitrogens with zero attached hydrogens (tertiary/aromatic N) is 5. The van der Waals surface area contributed by atoms with E-state index < -0.39 is 10.6 Å². The van der Waals surface area contributed by atoms with Crippen LogP contribution in [0.1, 0.15) is 25.3 Å². The molecule has 0 bridgehead atoms. The third-order valence-electron chi connectivity index (χ3n) is 9.29. The molecule has 1 saturated heterocycles. The van der Waals surface area contributed by atoms with E-state index in [2.05, 4.69) is 31.0 Å². The number of rotatable bonds is 10. The molecular formula is C36H36F2N8O3S. The van der Waals surface area contributed by atoms with Gasteiger partial charge in [0.25, 0.3) is 0 Å². The van der Waals surface area contributed by atoms with Gasteiger partial charge in [-0.25, -0.2) is 8.78 Å². The summed E-state index contributed by atoms with van der Waals surface area (Å²) in [5.74, 6) is -0.631. The minimum Gasteiger partial charge on any atom is -0.403 e. The van der Waals surface area contributed by atoms with Crippen LogP contribution in [-0.4, -0.2) is 92.3 Å². The zero-order valence-electron chi connectivity index (χ0n) is 27.6. The lowest BCUT2D eigenvalue weighted by atomic mass is 9.97. The summed E-state index contributed by atoms with van der Waals surface area (Å²) in [7, 11) is 0. The van der Waals surface area contributed by atoms with Crippen molar-refractivity contribution in [2.24, 2.45) is 0 Å². The van der Waals surface area contributed by atoms with E-state index in [-0.39, 0.29) is 36.1 Å². The van der Waals surface area contributed by atoms with E-state index in [0.717, 1.165) is 22.0 Å². The number of halogens is 2. The number of hydrogen-bond acceptors (Lipinski definition) is 9. The van der Waals surface area contributed by atoms with Crippen molar-refractivity contribution in [1.29, 1.82) is 0 Å². The molecule has 0 spiro atoms. The average molecular weight is 699 g/mol. The standard InChI is InChI=1S/C36H36F2N8O3S/c1-3-39-35-44-43-33(49-35)24-6-10-27(29(38)18-24)22-12-15-46(16-13-22)31(47)20-45-17-14-36(21-45,50-2)34(48)40-26-9-11-30-28(19-26)32(42-41-30)23-4-7-25(37)8-5-23/h4-12,18-19H,3,13-17,20-21H2,1-2H3,(H,39,44)(H,40,48)(H,41,42)/t36-/m0/s1. The lowest BCUT2D eigenvalue weighted by Gasteiger charge is -2.29. The van der Waals surface area contributed by atoms with Gasteiger partial charge in [-0.2, -0.15) is 5.10 Å². The normalized spacial score (nSPS) is 18.0. The number of aromatic nitrogens is 4. The Balaban J connectivity index is 0.959. The number of likely N-dealkylation sites (tertiary alicyclic amines) is 1.